The fourth-order valence-electron chi connectivity index (χ4n) is 2.80. The van der Waals surface area contributed by atoms with Crippen LogP contribution in [0.25, 0.3) is 21.8 Å². The first-order valence-corrected chi connectivity index (χ1v) is 6.88. The Bertz CT molecular complexity index is 854. The van der Waals surface area contributed by atoms with Gasteiger partial charge < -0.3 is 9.67 Å². The van der Waals surface area contributed by atoms with Crippen LogP contribution in [0.1, 0.15) is 13.0 Å². The van der Waals surface area contributed by atoms with Gasteiger partial charge in [0.2, 0.25) is 0 Å². The summed E-state index contributed by atoms with van der Waals surface area (Å²) in [7, 11) is 7.92. The predicted octanol–water partition coefficient (Wildman–Crippen LogP) is 1.61. The largest absolute Gasteiger partial charge is 0.480 e. The van der Waals surface area contributed by atoms with Crippen molar-refractivity contribution in [3.8, 4) is 0 Å². The molecule has 1 atom stereocenters. The van der Waals surface area contributed by atoms with E-state index in [2.05, 4.69) is 6.07 Å². The zero-order valence-electron chi connectivity index (χ0n) is 12.0. The van der Waals surface area contributed by atoms with Crippen molar-refractivity contribution >= 4 is 53.8 Å². The second kappa shape index (κ2) is 4.99. The molecule has 0 amide bonds. The first-order valence-electron chi connectivity index (χ1n) is 6.88. The Morgan fingerprint density at radius 3 is 2.43 bits per heavy atom. The third-order valence-electron chi connectivity index (χ3n) is 3.93. The average molecular weight is 274 g/mol. The smallest absolute Gasteiger partial charge is 0.326 e. The van der Waals surface area contributed by atoms with Gasteiger partial charge in [0.15, 0.2) is 0 Å². The van der Waals surface area contributed by atoms with Crippen LogP contribution in [0, 0.1) is 0 Å². The summed E-state index contributed by atoms with van der Waals surface area (Å²) < 4.78 is 1.85. The van der Waals surface area contributed by atoms with E-state index < -0.39 is 12.0 Å². The second-order valence-electron chi connectivity index (χ2n) is 5.23. The molecule has 0 aliphatic rings. The van der Waals surface area contributed by atoms with Gasteiger partial charge in [-0.05, 0) is 19.1 Å². The fourth-order valence-corrected chi connectivity index (χ4v) is 2.80. The van der Waals surface area contributed by atoms with E-state index in [1.54, 1.807) is 13.0 Å². The van der Waals surface area contributed by atoms with Crippen molar-refractivity contribution in [1.29, 1.82) is 0 Å². The van der Waals surface area contributed by atoms with Crippen molar-refractivity contribution < 1.29 is 9.90 Å². The van der Waals surface area contributed by atoms with Crippen LogP contribution in [0.5, 0.6) is 0 Å². The van der Waals surface area contributed by atoms with E-state index in [1.807, 2.05) is 42.9 Å². The number of hydrogen-bond acceptors (Lipinski definition) is 1. The van der Waals surface area contributed by atoms with Crippen LogP contribution in [-0.2, 0) is 4.79 Å². The lowest BCUT2D eigenvalue weighted by molar-refractivity contribution is -0.140. The highest BCUT2D eigenvalue weighted by atomic mass is 16.4. The number of aliphatic carboxylic acids is 1. The van der Waals surface area contributed by atoms with Gasteiger partial charge in [0, 0.05) is 21.8 Å². The number of hydrogen-bond donors (Lipinski definition) is 1. The maximum atomic E-state index is 11.4. The lowest BCUT2D eigenvalue weighted by Crippen LogP contribution is -2.16. The van der Waals surface area contributed by atoms with Crippen molar-refractivity contribution in [3.05, 3.63) is 36.4 Å². The highest BCUT2D eigenvalue weighted by Gasteiger charge is 2.20. The number of nitrogens with zero attached hydrogens (tertiary/aromatic N) is 1. The molecule has 5 heteroatoms. The summed E-state index contributed by atoms with van der Waals surface area (Å²) in [6, 6.07) is 11.0. The zero-order chi connectivity index (χ0) is 15.1. The van der Waals surface area contributed by atoms with E-state index >= 15 is 0 Å². The molecule has 101 valence electrons. The zero-order valence-corrected chi connectivity index (χ0v) is 12.0. The number of fused-ring (bicyclic) bond motifs is 3. The Balaban J connectivity index is 2.46. The summed E-state index contributed by atoms with van der Waals surface area (Å²) >= 11 is 0. The number of carboxylic acid groups (broad SMARTS) is 1. The van der Waals surface area contributed by atoms with Crippen LogP contribution < -0.4 is 10.9 Å². The SMILES string of the molecule is [B]c1ccc2c(c1)c1cc([B]C)ccc1n2C(C)C(=O)O. The van der Waals surface area contributed by atoms with Gasteiger partial charge in [-0.3, -0.25) is 0 Å². The summed E-state index contributed by atoms with van der Waals surface area (Å²) in [5.74, 6) is -0.850. The second-order valence-corrected chi connectivity index (χ2v) is 5.23. The molecule has 3 radical (unpaired) electrons. The number of benzene rings is 2. The van der Waals surface area contributed by atoms with Crippen LogP contribution in [0.4, 0.5) is 0 Å². The topological polar surface area (TPSA) is 42.2 Å². The standard InChI is InChI=1S/C16H14B2NO2/c1-9(16(20)21)19-14-5-3-10(17)7-12(14)13-8-11(18-2)4-6-15(13)19/h3-9H,1-2H3,(H,20,21). The van der Waals surface area contributed by atoms with E-state index in [1.165, 1.54) is 0 Å². The van der Waals surface area contributed by atoms with Gasteiger partial charge in [-0.1, -0.05) is 42.0 Å². The molecule has 3 nitrogen and oxygen atoms in total. The summed E-state index contributed by atoms with van der Waals surface area (Å²) in [6.45, 7) is 3.67. The van der Waals surface area contributed by atoms with E-state index in [9.17, 15) is 9.90 Å². The van der Waals surface area contributed by atoms with Gasteiger partial charge in [-0.15, -0.1) is 0 Å². The molecule has 2 aromatic carbocycles. The molecule has 0 bridgehead atoms. The van der Waals surface area contributed by atoms with Gasteiger partial charge in [0.1, 0.15) is 21.2 Å². The molecule has 3 rings (SSSR count). The minimum Gasteiger partial charge on any atom is -0.480 e. The van der Waals surface area contributed by atoms with Crippen molar-refractivity contribution in [2.24, 2.45) is 0 Å². The van der Waals surface area contributed by atoms with Gasteiger partial charge in [-0.2, -0.15) is 0 Å². The molecule has 21 heavy (non-hydrogen) atoms. The molecule has 0 fully saturated rings. The molecule has 0 aliphatic carbocycles. The third kappa shape index (κ3) is 2.13. The number of carbonyl (C=O) groups is 1. The van der Waals surface area contributed by atoms with E-state index in [0.29, 0.717) is 5.46 Å². The maximum Gasteiger partial charge on any atom is 0.326 e. The quantitative estimate of drug-likeness (QED) is 0.737. The Morgan fingerprint density at radius 2 is 1.81 bits per heavy atom. The Kier molecular flexibility index (Phi) is 3.28. The van der Waals surface area contributed by atoms with Crippen LogP contribution >= 0.6 is 0 Å². The van der Waals surface area contributed by atoms with Crippen LogP contribution in [-0.4, -0.2) is 30.8 Å². The van der Waals surface area contributed by atoms with Gasteiger partial charge in [0.25, 0.3) is 0 Å². The van der Waals surface area contributed by atoms with Crippen LogP contribution in [0.15, 0.2) is 36.4 Å². The molecular weight excluding hydrogens is 260 g/mol. The van der Waals surface area contributed by atoms with Gasteiger partial charge in [-0.25, -0.2) is 4.79 Å². The first-order chi connectivity index (χ1) is 10.0. The van der Waals surface area contributed by atoms with Crippen molar-refractivity contribution in [2.75, 3.05) is 0 Å². The highest BCUT2D eigenvalue weighted by Crippen LogP contribution is 2.30. The van der Waals surface area contributed by atoms with Crippen molar-refractivity contribution in [3.63, 3.8) is 0 Å². The van der Waals surface area contributed by atoms with Crippen LogP contribution in [0.3, 0.4) is 0 Å². The molecular formula is C16H14B2NO2. The van der Waals surface area contributed by atoms with Gasteiger partial charge in [0.05, 0.1) is 0 Å². The first kappa shape index (κ1) is 13.8. The lowest BCUT2D eigenvalue weighted by Gasteiger charge is -2.12. The average Bonchev–Trinajstić information content (AvgIpc) is 2.79. The number of aromatic nitrogens is 1. The maximum absolute atomic E-state index is 11.4. The predicted molar refractivity (Wildman–Crippen MR) is 88.4 cm³/mol. The molecule has 1 unspecified atom stereocenters. The molecule has 1 heterocycles. The lowest BCUT2D eigenvalue weighted by atomic mass is 9.73. The Labute approximate surface area is 125 Å². The monoisotopic (exact) mass is 274 g/mol. The van der Waals surface area contributed by atoms with Gasteiger partial charge >= 0.3 is 5.97 Å². The summed E-state index contributed by atoms with van der Waals surface area (Å²) in [6.07, 6.45) is 0. The fraction of sp³-hybridized carbons (Fsp3) is 0.188. The molecule has 0 saturated carbocycles. The minimum atomic E-state index is -0.850. The molecule has 1 aromatic heterocycles. The highest BCUT2D eigenvalue weighted by molar-refractivity contribution is 6.52. The van der Waals surface area contributed by atoms with Crippen molar-refractivity contribution in [1.82, 2.24) is 4.57 Å². The summed E-state index contributed by atoms with van der Waals surface area (Å²) in [5, 5.41) is 11.4. The van der Waals surface area contributed by atoms with Crippen LogP contribution in [0.2, 0.25) is 6.82 Å². The molecule has 3 aromatic rings. The third-order valence-corrected chi connectivity index (χ3v) is 3.93. The molecule has 0 saturated heterocycles. The Morgan fingerprint density at radius 1 is 1.19 bits per heavy atom. The molecule has 1 N–H and O–H groups in total. The normalized spacial score (nSPS) is 12.7. The minimum absolute atomic E-state index is 0.634. The van der Waals surface area contributed by atoms with E-state index in [4.69, 9.17) is 7.85 Å². The summed E-state index contributed by atoms with van der Waals surface area (Å²) in [5.41, 5.74) is 3.58. The molecule has 0 spiro atoms. The number of carboxylic acids is 1. The molecule has 0 aliphatic heterocycles. The summed E-state index contributed by atoms with van der Waals surface area (Å²) in [4.78, 5) is 11.4. The number of rotatable bonds is 3. The van der Waals surface area contributed by atoms with E-state index in [-0.39, 0.29) is 0 Å². The van der Waals surface area contributed by atoms with Crippen molar-refractivity contribution in [2.45, 2.75) is 19.8 Å². The van der Waals surface area contributed by atoms with E-state index in [0.717, 1.165) is 27.3 Å². The Hall–Kier alpha value is -2.16.